The molecule has 0 bridgehead atoms. The summed E-state index contributed by atoms with van der Waals surface area (Å²) in [4.78, 5) is 0. The van der Waals surface area contributed by atoms with Crippen molar-refractivity contribution in [2.45, 2.75) is 18.7 Å². The van der Waals surface area contributed by atoms with Crippen molar-refractivity contribution in [3.8, 4) is 0 Å². The standard InChI is InChI=1S/C12H17FN2O2S.ClH/c1-10-8-14-6-7-15(10)18(16,17)9-11-2-4-12(13)5-3-11;/h2-5,10,14H,6-9H2,1H3;1H/t10-;/m0./s1. The molecule has 1 N–H and O–H groups in total. The maximum absolute atomic E-state index is 12.8. The molecule has 1 heterocycles. The van der Waals surface area contributed by atoms with Gasteiger partial charge >= 0.3 is 0 Å². The highest BCUT2D eigenvalue weighted by atomic mass is 35.5. The molecule has 1 fully saturated rings. The Kier molecular flexibility index (Phi) is 5.73. The Morgan fingerprint density at radius 1 is 1.37 bits per heavy atom. The van der Waals surface area contributed by atoms with E-state index >= 15 is 0 Å². The van der Waals surface area contributed by atoms with E-state index in [1.54, 1.807) is 0 Å². The molecule has 19 heavy (non-hydrogen) atoms. The van der Waals surface area contributed by atoms with Crippen molar-refractivity contribution in [3.63, 3.8) is 0 Å². The van der Waals surface area contributed by atoms with Gasteiger partial charge in [0.15, 0.2) is 0 Å². The Bertz CT molecular complexity index is 507. The fraction of sp³-hybridized carbons (Fsp3) is 0.500. The minimum atomic E-state index is -3.33. The molecule has 0 aromatic heterocycles. The first kappa shape index (κ1) is 16.4. The quantitative estimate of drug-likeness (QED) is 0.917. The first-order valence-corrected chi connectivity index (χ1v) is 7.54. The van der Waals surface area contributed by atoms with Crippen LogP contribution in [0.25, 0.3) is 0 Å². The number of halogens is 2. The summed E-state index contributed by atoms with van der Waals surface area (Å²) in [7, 11) is -3.33. The van der Waals surface area contributed by atoms with E-state index in [4.69, 9.17) is 0 Å². The monoisotopic (exact) mass is 308 g/mol. The summed E-state index contributed by atoms with van der Waals surface area (Å²) < 4.78 is 38.8. The highest BCUT2D eigenvalue weighted by Crippen LogP contribution is 2.15. The molecule has 0 spiro atoms. The molecule has 0 radical (unpaired) electrons. The third kappa shape index (κ3) is 4.14. The van der Waals surface area contributed by atoms with Crippen LogP contribution in [-0.2, 0) is 15.8 Å². The van der Waals surface area contributed by atoms with E-state index in [0.717, 1.165) is 0 Å². The van der Waals surface area contributed by atoms with Gasteiger partial charge in [-0.3, -0.25) is 0 Å². The molecule has 2 rings (SSSR count). The molecule has 1 aromatic rings. The smallest absolute Gasteiger partial charge is 0.218 e. The van der Waals surface area contributed by atoms with E-state index < -0.39 is 10.0 Å². The van der Waals surface area contributed by atoms with E-state index in [0.29, 0.717) is 25.2 Å². The number of hydrogen-bond acceptors (Lipinski definition) is 3. The van der Waals surface area contributed by atoms with E-state index in [-0.39, 0.29) is 30.0 Å². The molecule has 4 nitrogen and oxygen atoms in total. The van der Waals surface area contributed by atoms with E-state index in [1.165, 1.54) is 28.6 Å². The molecule has 1 aliphatic heterocycles. The van der Waals surface area contributed by atoms with Crippen molar-refractivity contribution in [2.24, 2.45) is 0 Å². The molecule has 7 heteroatoms. The van der Waals surface area contributed by atoms with Crippen LogP contribution in [0.2, 0.25) is 0 Å². The van der Waals surface area contributed by atoms with Gasteiger partial charge in [-0.15, -0.1) is 12.4 Å². The lowest BCUT2D eigenvalue weighted by atomic mass is 10.2. The molecule has 1 saturated heterocycles. The summed E-state index contributed by atoms with van der Waals surface area (Å²) in [5.74, 6) is -0.427. The normalized spacial score (nSPS) is 20.8. The number of sulfonamides is 1. The predicted octanol–water partition coefficient (Wildman–Crippen LogP) is 1.37. The van der Waals surface area contributed by atoms with Crippen LogP contribution in [-0.4, -0.2) is 38.4 Å². The Balaban J connectivity index is 0.00000180. The van der Waals surface area contributed by atoms with Crippen LogP contribution in [0.1, 0.15) is 12.5 Å². The van der Waals surface area contributed by atoms with Crippen LogP contribution < -0.4 is 5.32 Å². The highest BCUT2D eigenvalue weighted by molar-refractivity contribution is 7.88. The summed E-state index contributed by atoms with van der Waals surface area (Å²) in [5, 5.41) is 3.15. The average Bonchev–Trinajstić information content (AvgIpc) is 2.32. The fourth-order valence-electron chi connectivity index (χ4n) is 2.11. The number of piperazine rings is 1. The summed E-state index contributed by atoms with van der Waals surface area (Å²) in [6.45, 7) is 3.72. The van der Waals surface area contributed by atoms with Gasteiger partial charge in [0.2, 0.25) is 10.0 Å². The van der Waals surface area contributed by atoms with Gasteiger partial charge in [-0.1, -0.05) is 12.1 Å². The van der Waals surface area contributed by atoms with Gasteiger partial charge in [-0.2, -0.15) is 4.31 Å². The van der Waals surface area contributed by atoms with Gasteiger partial charge in [-0.05, 0) is 24.6 Å². The molecule has 1 atom stereocenters. The van der Waals surface area contributed by atoms with Gasteiger partial charge in [0.25, 0.3) is 0 Å². The summed E-state index contributed by atoms with van der Waals surface area (Å²) in [5.41, 5.74) is 0.613. The lowest BCUT2D eigenvalue weighted by Crippen LogP contribution is -2.52. The maximum Gasteiger partial charge on any atom is 0.218 e. The predicted molar refractivity (Wildman–Crippen MR) is 75.3 cm³/mol. The second-order valence-electron chi connectivity index (χ2n) is 4.55. The molecule has 0 saturated carbocycles. The number of rotatable bonds is 3. The van der Waals surface area contributed by atoms with Crippen LogP contribution in [0.15, 0.2) is 24.3 Å². The molecule has 1 aromatic carbocycles. The average molecular weight is 309 g/mol. The maximum atomic E-state index is 12.8. The minimum absolute atomic E-state index is 0. The number of benzene rings is 1. The zero-order chi connectivity index (χ0) is 13.2. The van der Waals surface area contributed by atoms with Gasteiger partial charge in [0.1, 0.15) is 5.82 Å². The van der Waals surface area contributed by atoms with E-state index in [2.05, 4.69) is 5.32 Å². The molecular formula is C12H18ClFN2O2S. The number of nitrogens with one attached hydrogen (secondary N) is 1. The molecule has 0 amide bonds. The Labute approximate surface area is 119 Å². The van der Waals surface area contributed by atoms with Crippen molar-refractivity contribution < 1.29 is 12.8 Å². The number of nitrogens with zero attached hydrogens (tertiary/aromatic N) is 1. The molecule has 0 unspecified atom stereocenters. The van der Waals surface area contributed by atoms with Gasteiger partial charge in [-0.25, -0.2) is 12.8 Å². The second-order valence-corrected chi connectivity index (χ2v) is 6.47. The Hall–Kier alpha value is -0.690. The number of hydrogen-bond donors (Lipinski definition) is 1. The minimum Gasteiger partial charge on any atom is -0.314 e. The largest absolute Gasteiger partial charge is 0.314 e. The van der Waals surface area contributed by atoms with Crippen molar-refractivity contribution in [1.29, 1.82) is 0 Å². The van der Waals surface area contributed by atoms with Crippen molar-refractivity contribution in [1.82, 2.24) is 9.62 Å². The highest BCUT2D eigenvalue weighted by Gasteiger charge is 2.29. The lowest BCUT2D eigenvalue weighted by molar-refractivity contribution is 0.283. The van der Waals surface area contributed by atoms with Crippen LogP contribution in [0.5, 0.6) is 0 Å². The van der Waals surface area contributed by atoms with Gasteiger partial charge in [0.05, 0.1) is 5.75 Å². The summed E-state index contributed by atoms with van der Waals surface area (Å²) >= 11 is 0. The fourth-order valence-corrected chi connectivity index (χ4v) is 3.88. The Morgan fingerprint density at radius 2 is 2.00 bits per heavy atom. The van der Waals surface area contributed by atoms with Crippen LogP contribution in [0, 0.1) is 5.82 Å². The topological polar surface area (TPSA) is 49.4 Å². The van der Waals surface area contributed by atoms with Crippen molar-refractivity contribution in [3.05, 3.63) is 35.6 Å². The van der Waals surface area contributed by atoms with Gasteiger partial charge in [0, 0.05) is 25.7 Å². The van der Waals surface area contributed by atoms with Crippen LogP contribution in [0.3, 0.4) is 0 Å². The van der Waals surface area contributed by atoms with Crippen LogP contribution in [0.4, 0.5) is 4.39 Å². The van der Waals surface area contributed by atoms with Crippen molar-refractivity contribution >= 4 is 22.4 Å². The first-order chi connectivity index (χ1) is 8.49. The van der Waals surface area contributed by atoms with Crippen molar-refractivity contribution in [2.75, 3.05) is 19.6 Å². The zero-order valence-electron chi connectivity index (χ0n) is 10.7. The summed E-state index contributed by atoms with van der Waals surface area (Å²) in [6.07, 6.45) is 0. The zero-order valence-corrected chi connectivity index (χ0v) is 12.3. The van der Waals surface area contributed by atoms with E-state index in [1.807, 2.05) is 6.92 Å². The molecule has 0 aliphatic carbocycles. The summed E-state index contributed by atoms with van der Waals surface area (Å²) in [6, 6.07) is 5.56. The first-order valence-electron chi connectivity index (χ1n) is 5.94. The second kappa shape index (κ2) is 6.65. The van der Waals surface area contributed by atoms with Crippen LogP contribution >= 0.6 is 12.4 Å². The molecule has 1 aliphatic rings. The van der Waals surface area contributed by atoms with Gasteiger partial charge < -0.3 is 5.32 Å². The third-order valence-electron chi connectivity index (χ3n) is 3.06. The Morgan fingerprint density at radius 3 is 2.58 bits per heavy atom. The van der Waals surface area contributed by atoms with E-state index in [9.17, 15) is 12.8 Å². The lowest BCUT2D eigenvalue weighted by Gasteiger charge is -2.32. The SMILES string of the molecule is C[C@H]1CNCCN1S(=O)(=O)Cc1ccc(F)cc1.Cl. The molecular weight excluding hydrogens is 291 g/mol. The molecule has 108 valence electrons. The third-order valence-corrected chi connectivity index (χ3v) is 5.02.